The summed E-state index contributed by atoms with van der Waals surface area (Å²) in [6.07, 6.45) is 18.8. The molecule has 0 N–H and O–H groups in total. The average molecular weight is 415 g/mol. The molecule has 176 valence electrons. The van der Waals surface area contributed by atoms with E-state index in [2.05, 4.69) is 58.9 Å². The van der Waals surface area contributed by atoms with E-state index in [1.165, 1.54) is 32.1 Å². The minimum Gasteiger partial charge on any atom is -0.434 e. The molecule has 0 fully saturated rings. The van der Waals surface area contributed by atoms with Gasteiger partial charge < -0.3 is 9.47 Å². The Morgan fingerprint density at radius 2 is 1.28 bits per heavy atom. The van der Waals surface area contributed by atoms with Gasteiger partial charge in [0.2, 0.25) is 0 Å². The van der Waals surface area contributed by atoms with Crippen molar-refractivity contribution in [3.63, 3.8) is 0 Å². The molecule has 3 nitrogen and oxygen atoms in total. The lowest BCUT2D eigenvalue weighted by molar-refractivity contribution is -0.0110. The Hall–Kier alpha value is -1.25. The van der Waals surface area contributed by atoms with Crippen molar-refractivity contribution in [1.82, 2.24) is 0 Å². The second kappa shape index (κ2) is 24.8. The van der Waals surface area contributed by atoms with Crippen LogP contribution < -0.4 is 0 Å². The minimum atomic E-state index is -0.516. The normalized spacial score (nSPS) is 10.9. The van der Waals surface area contributed by atoms with Crippen LogP contribution in [-0.4, -0.2) is 18.9 Å². The second-order valence-electron chi connectivity index (χ2n) is 7.67. The largest absolute Gasteiger partial charge is 0.508 e. The third-order valence-electron chi connectivity index (χ3n) is 4.37. The fourth-order valence-corrected chi connectivity index (χ4v) is 2.97. The lowest BCUT2D eigenvalue weighted by Crippen LogP contribution is -2.29. The third-order valence-corrected chi connectivity index (χ3v) is 4.37. The fraction of sp³-hybridized carbons (Fsp3) is 0.808. The van der Waals surface area contributed by atoms with Gasteiger partial charge in [-0.05, 0) is 43.9 Å². The van der Waals surface area contributed by atoms with E-state index in [1.807, 2.05) is 0 Å². The molecule has 0 heterocycles. The van der Waals surface area contributed by atoms with Crippen LogP contribution in [0.15, 0.2) is 24.3 Å². The number of hydrogen-bond acceptors (Lipinski definition) is 3. The van der Waals surface area contributed by atoms with Gasteiger partial charge in [-0.2, -0.15) is 0 Å². The number of carbonyl (C=O) groups is 1. The molecular weight excluding hydrogens is 360 g/mol. The molecule has 0 aromatic heterocycles. The molecule has 29 heavy (non-hydrogen) atoms. The van der Waals surface area contributed by atoms with Crippen LogP contribution in [0.1, 0.15) is 115 Å². The van der Waals surface area contributed by atoms with E-state index in [1.54, 1.807) is 0 Å². The highest BCUT2D eigenvalue weighted by Gasteiger charge is 2.22. The number of unbranched alkanes of at least 4 members (excludes halogenated alkanes) is 6. The van der Waals surface area contributed by atoms with Gasteiger partial charge in [-0.1, -0.05) is 107 Å². The summed E-state index contributed by atoms with van der Waals surface area (Å²) in [4.78, 5) is 11.7. The van der Waals surface area contributed by atoms with Crippen molar-refractivity contribution in [3.8, 4) is 0 Å². The highest BCUT2D eigenvalue weighted by atomic mass is 16.7. The molecule has 0 saturated carbocycles. The molecular formula is C26H54O3. The van der Waals surface area contributed by atoms with Crippen molar-refractivity contribution in [1.29, 1.82) is 0 Å². The van der Waals surface area contributed by atoms with Crippen molar-refractivity contribution in [2.75, 3.05) is 6.61 Å². The van der Waals surface area contributed by atoms with Gasteiger partial charge in [-0.3, -0.25) is 0 Å². The molecule has 0 rings (SSSR count). The van der Waals surface area contributed by atoms with Gasteiger partial charge in [-0.25, -0.2) is 4.79 Å². The lowest BCUT2D eigenvalue weighted by Gasteiger charge is -2.24. The van der Waals surface area contributed by atoms with E-state index in [0.717, 1.165) is 25.7 Å². The predicted octanol–water partition coefficient (Wildman–Crippen LogP) is 9.37. The molecule has 0 spiro atoms. The highest BCUT2D eigenvalue weighted by Crippen LogP contribution is 2.17. The summed E-state index contributed by atoms with van der Waals surface area (Å²) in [5.74, 6) is 0.621. The van der Waals surface area contributed by atoms with Gasteiger partial charge in [0.05, 0.1) is 6.61 Å². The van der Waals surface area contributed by atoms with Crippen LogP contribution in [0.25, 0.3) is 0 Å². The first-order valence-corrected chi connectivity index (χ1v) is 10.6. The molecule has 3 heteroatoms. The van der Waals surface area contributed by atoms with E-state index >= 15 is 0 Å². The first-order valence-electron chi connectivity index (χ1n) is 10.6. The summed E-state index contributed by atoms with van der Waals surface area (Å²) >= 11 is 0. The van der Waals surface area contributed by atoms with E-state index in [4.69, 9.17) is 9.47 Å². The molecule has 0 aliphatic heterocycles. The average Bonchev–Trinajstić information content (AvgIpc) is 2.59. The molecule has 0 aromatic carbocycles. The smallest absolute Gasteiger partial charge is 0.434 e. The van der Waals surface area contributed by atoms with Crippen molar-refractivity contribution in [2.24, 2.45) is 11.8 Å². The molecule has 0 bridgehead atoms. The number of ether oxygens (including phenoxy) is 2. The van der Waals surface area contributed by atoms with Crippen LogP contribution in [0.5, 0.6) is 0 Å². The Bertz CT molecular complexity index is 375. The molecule has 0 unspecified atom stereocenters. The monoisotopic (exact) mass is 414 g/mol. The first-order chi connectivity index (χ1) is 12.5. The van der Waals surface area contributed by atoms with Crippen molar-refractivity contribution in [3.05, 3.63) is 24.3 Å². The van der Waals surface area contributed by atoms with E-state index < -0.39 is 6.16 Å². The van der Waals surface area contributed by atoms with Gasteiger partial charge in [0.25, 0.3) is 0 Å². The zero-order valence-electron chi connectivity index (χ0n) is 17.8. The molecule has 0 aliphatic rings. The standard InChI is InChI=1S/C23H42O3.3CH4/c1-6-7-8-9-10-11-12-13-14-15-16-17-18-19-25-23(24)26-22(20(2)3)21(4)5;;;/h7-8,10-11,20-22H,6,9,12-19H2,1-5H3;3*1H4/b8-7-,11-10-;;;. The van der Waals surface area contributed by atoms with Gasteiger partial charge in [0, 0.05) is 0 Å². The van der Waals surface area contributed by atoms with Crippen LogP contribution in [-0.2, 0) is 9.47 Å². The lowest BCUT2D eigenvalue weighted by atomic mass is 9.96. The molecule has 0 amide bonds. The van der Waals surface area contributed by atoms with Gasteiger partial charge in [0.15, 0.2) is 0 Å². The topological polar surface area (TPSA) is 35.5 Å². The van der Waals surface area contributed by atoms with Gasteiger partial charge in [0.1, 0.15) is 6.10 Å². The predicted molar refractivity (Wildman–Crippen MR) is 132 cm³/mol. The van der Waals surface area contributed by atoms with Crippen LogP contribution >= 0.6 is 0 Å². The van der Waals surface area contributed by atoms with Crippen molar-refractivity contribution in [2.45, 2.75) is 121 Å². The van der Waals surface area contributed by atoms with Crippen LogP contribution in [0.3, 0.4) is 0 Å². The highest BCUT2D eigenvalue weighted by molar-refractivity contribution is 5.60. The maximum atomic E-state index is 11.7. The zero-order valence-corrected chi connectivity index (χ0v) is 17.8. The minimum absolute atomic E-state index is 0. The molecule has 0 aliphatic carbocycles. The SMILES string of the molecule is C.C.C.CC/C=C\C/C=C\CCCCCCCCOC(=O)OC(C(C)C)C(C)C. The quantitative estimate of drug-likeness (QED) is 0.152. The van der Waals surface area contributed by atoms with E-state index in [9.17, 15) is 4.79 Å². The summed E-state index contributed by atoms with van der Waals surface area (Å²) in [7, 11) is 0. The molecule has 0 aromatic rings. The van der Waals surface area contributed by atoms with E-state index in [0.29, 0.717) is 18.4 Å². The number of carbonyl (C=O) groups excluding carboxylic acids is 1. The Labute approximate surface area is 184 Å². The summed E-state index contributed by atoms with van der Waals surface area (Å²) in [6.45, 7) is 10.9. The summed E-state index contributed by atoms with van der Waals surface area (Å²) in [5.41, 5.74) is 0. The van der Waals surface area contributed by atoms with Gasteiger partial charge in [-0.15, -0.1) is 0 Å². The van der Waals surface area contributed by atoms with E-state index in [-0.39, 0.29) is 28.4 Å². The van der Waals surface area contributed by atoms with Crippen LogP contribution in [0.4, 0.5) is 4.79 Å². The first kappa shape index (κ1) is 35.2. The maximum absolute atomic E-state index is 11.7. The summed E-state index contributed by atoms with van der Waals surface area (Å²) < 4.78 is 10.6. The summed E-state index contributed by atoms with van der Waals surface area (Å²) in [5, 5.41) is 0. The molecule has 0 atom stereocenters. The Balaban J connectivity index is -0.00000104. The summed E-state index contributed by atoms with van der Waals surface area (Å²) in [6, 6.07) is 0. The Morgan fingerprint density at radius 3 is 1.83 bits per heavy atom. The molecule has 0 radical (unpaired) electrons. The Kier molecular flexibility index (Phi) is 30.1. The third kappa shape index (κ3) is 22.9. The number of hydrogen-bond donors (Lipinski definition) is 0. The zero-order chi connectivity index (χ0) is 19.6. The number of allylic oxidation sites excluding steroid dienone is 4. The van der Waals surface area contributed by atoms with Gasteiger partial charge >= 0.3 is 6.16 Å². The Morgan fingerprint density at radius 1 is 0.759 bits per heavy atom. The number of rotatable bonds is 15. The van der Waals surface area contributed by atoms with Crippen molar-refractivity contribution < 1.29 is 14.3 Å². The molecule has 0 saturated heterocycles. The van der Waals surface area contributed by atoms with Crippen LogP contribution in [0.2, 0.25) is 0 Å². The maximum Gasteiger partial charge on any atom is 0.508 e. The van der Waals surface area contributed by atoms with Crippen LogP contribution in [0, 0.1) is 11.8 Å². The fourth-order valence-electron chi connectivity index (χ4n) is 2.97. The van der Waals surface area contributed by atoms with Crippen molar-refractivity contribution >= 4 is 6.16 Å². The second-order valence-corrected chi connectivity index (χ2v) is 7.67.